The van der Waals surface area contributed by atoms with Crippen LogP contribution in [0.1, 0.15) is 12.5 Å². The number of benzene rings is 2. The van der Waals surface area contributed by atoms with Crippen LogP contribution >= 0.6 is 12.4 Å². The van der Waals surface area contributed by atoms with Crippen LogP contribution in [0, 0.1) is 17.7 Å². The molecular weight excluding hydrogens is 405 g/mol. The SMILES string of the molecule is CC(C(=O)NCc1ccc(S(=O)(=O)Nc2ccc(F)cc2)cc1)C1CNC1.Cl. The minimum absolute atomic E-state index is 0. The normalized spacial score (nSPS) is 15.1. The number of carbonyl (C=O) groups is 1. The van der Waals surface area contributed by atoms with Crippen molar-refractivity contribution in [3.8, 4) is 0 Å². The van der Waals surface area contributed by atoms with E-state index in [2.05, 4.69) is 15.4 Å². The molecule has 1 aliphatic heterocycles. The van der Waals surface area contributed by atoms with E-state index < -0.39 is 15.8 Å². The van der Waals surface area contributed by atoms with Gasteiger partial charge in [0, 0.05) is 18.2 Å². The molecule has 1 heterocycles. The van der Waals surface area contributed by atoms with Gasteiger partial charge in [0.2, 0.25) is 5.91 Å². The van der Waals surface area contributed by atoms with E-state index >= 15 is 0 Å². The fraction of sp³-hybridized carbons (Fsp3) is 0.316. The first-order valence-electron chi connectivity index (χ1n) is 8.71. The van der Waals surface area contributed by atoms with E-state index in [0.717, 1.165) is 18.7 Å². The second-order valence-electron chi connectivity index (χ2n) is 6.68. The van der Waals surface area contributed by atoms with Gasteiger partial charge in [0.05, 0.1) is 4.90 Å². The van der Waals surface area contributed by atoms with Gasteiger partial charge in [-0.15, -0.1) is 12.4 Å². The predicted molar refractivity (Wildman–Crippen MR) is 108 cm³/mol. The molecule has 3 N–H and O–H groups in total. The van der Waals surface area contributed by atoms with Crippen LogP contribution in [0.25, 0.3) is 0 Å². The Labute approximate surface area is 170 Å². The molecule has 0 aliphatic carbocycles. The Balaban J connectivity index is 0.00000280. The molecule has 0 saturated carbocycles. The third kappa shape index (κ3) is 5.43. The van der Waals surface area contributed by atoms with Gasteiger partial charge in [0.1, 0.15) is 5.82 Å². The molecule has 0 bridgehead atoms. The van der Waals surface area contributed by atoms with Gasteiger partial charge < -0.3 is 10.6 Å². The van der Waals surface area contributed by atoms with E-state index in [4.69, 9.17) is 0 Å². The Kier molecular flexibility index (Phi) is 7.40. The van der Waals surface area contributed by atoms with Crippen LogP contribution in [-0.2, 0) is 21.4 Å². The summed E-state index contributed by atoms with van der Waals surface area (Å²) in [5, 5.41) is 6.03. The van der Waals surface area contributed by atoms with Crippen LogP contribution in [0.2, 0.25) is 0 Å². The molecule has 6 nitrogen and oxygen atoms in total. The third-order valence-corrected chi connectivity index (χ3v) is 6.13. The molecule has 3 rings (SSSR count). The molecule has 28 heavy (non-hydrogen) atoms. The van der Waals surface area contributed by atoms with Crippen molar-refractivity contribution in [3.05, 3.63) is 59.9 Å². The highest BCUT2D eigenvalue weighted by Gasteiger charge is 2.28. The molecule has 2 aromatic rings. The minimum atomic E-state index is -3.76. The molecule has 1 unspecified atom stereocenters. The Morgan fingerprint density at radius 2 is 1.75 bits per heavy atom. The summed E-state index contributed by atoms with van der Waals surface area (Å²) < 4.78 is 40.1. The first-order valence-corrected chi connectivity index (χ1v) is 10.2. The Bertz CT molecular complexity index is 901. The summed E-state index contributed by atoms with van der Waals surface area (Å²) in [5.74, 6) is -0.121. The van der Waals surface area contributed by atoms with E-state index in [9.17, 15) is 17.6 Å². The first-order chi connectivity index (χ1) is 12.8. The highest BCUT2D eigenvalue weighted by Crippen LogP contribution is 2.18. The van der Waals surface area contributed by atoms with E-state index in [1.807, 2.05) is 6.92 Å². The summed E-state index contributed by atoms with van der Waals surface area (Å²) in [6.45, 7) is 3.98. The quantitative estimate of drug-likeness (QED) is 0.633. The second kappa shape index (κ2) is 9.36. The summed E-state index contributed by atoms with van der Waals surface area (Å²) in [7, 11) is -3.76. The van der Waals surface area contributed by atoms with Crippen LogP contribution < -0.4 is 15.4 Å². The van der Waals surface area contributed by atoms with Crippen molar-refractivity contribution >= 4 is 34.0 Å². The Morgan fingerprint density at radius 3 is 2.29 bits per heavy atom. The summed E-state index contributed by atoms with van der Waals surface area (Å²) in [6.07, 6.45) is 0. The van der Waals surface area contributed by atoms with E-state index in [1.54, 1.807) is 12.1 Å². The number of sulfonamides is 1. The zero-order valence-electron chi connectivity index (χ0n) is 15.3. The summed E-state index contributed by atoms with van der Waals surface area (Å²) in [6, 6.07) is 11.4. The van der Waals surface area contributed by atoms with Crippen molar-refractivity contribution in [1.29, 1.82) is 0 Å². The molecule has 9 heteroatoms. The van der Waals surface area contributed by atoms with Gasteiger partial charge in [-0.3, -0.25) is 9.52 Å². The summed E-state index contributed by atoms with van der Waals surface area (Å²) in [4.78, 5) is 12.2. The number of hydrogen-bond acceptors (Lipinski definition) is 4. The molecule has 0 spiro atoms. The number of rotatable bonds is 7. The van der Waals surface area contributed by atoms with E-state index in [0.29, 0.717) is 12.5 Å². The molecule has 2 aromatic carbocycles. The van der Waals surface area contributed by atoms with Gasteiger partial charge in [-0.05, 0) is 61.0 Å². The standard InChI is InChI=1S/C19H22FN3O3S.ClH/c1-13(15-11-21-12-15)19(24)22-10-14-2-8-18(9-3-14)27(25,26)23-17-6-4-16(20)5-7-17;/h2-9,13,15,21,23H,10-12H2,1H3,(H,22,24);1H. The highest BCUT2D eigenvalue weighted by molar-refractivity contribution is 7.92. The summed E-state index contributed by atoms with van der Waals surface area (Å²) in [5.41, 5.74) is 1.09. The lowest BCUT2D eigenvalue weighted by atomic mass is 9.88. The fourth-order valence-corrected chi connectivity index (χ4v) is 3.81. The van der Waals surface area contributed by atoms with Gasteiger partial charge >= 0.3 is 0 Å². The van der Waals surface area contributed by atoms with Crippen LogP contribution in [-0.4, -0.2) is 27.4 Å². The molecule has 0 aromatic heterocycles. The molecular formula is C19H23ClFN3O3S. The second-order valence-corrected chi connectivity index (χ2v) is 8.36. The topological polar surface area (TPSA) is 87.3 Å². The number of hydrogen-bond donors (Lipinski definition) is 3. The van der Waals surface area contributed by atoms with E-state index in [-0.39, 0.29) is 34.8 Å². The maximum atomic E-state index is 12.9. The monoisotopic (exact) mass is 427 g/mol. The third-order valence-electron chi connectivity index (χ3n) is 4.73. The number of halogens is 2. The largest absolute Gasteiger partial charge is 0.352 e. The van der Waals surface area contributed by atoms with Crippen molar-refractivity contribution in [3.63, 3.8) is 0 Å². The van der Waals surface area contributed by atoms with Crippen LogP contribution in [0.4, 0.5) is 10.1 Å². The van der Waals surface area contributed by atoms with Gasteiger partial charge in [-0.1, -0.05) is 19.1 Å². The van der Waals surface area contributed by atoms with E-state index in [1.165, 1.54) is 36.4 Å². The van der Waals surface area contributed by atoms with Gasteiger partial charge in [0.25, 0.3) is 10.0 Å². The lowest BCUT2D eigenvalue weighted by Gasteiger charge is -2.31. The lowest BCUT2D eigenvalue weighted by Crippen LogP contribution is -2.49. The fourth-order valence-electron chi connectivity index (χ4n) is 2.75. The van der Waals surface area contributed by atoms with Crippen molar-refractivity contribution in [1.82, 2.24) is 10.6 Å². The average Bonchev–Trinajstić information content (AvgIpc) is 2.60. The Morgan fingerprint density at radius 1 is 1.14 bits per heavy atom. The van der Waals surface area contributed by atoms with Crippen LogP contribution in [0.5, 0.6) is 0 Å². The van der Waals surface area contributed by atoms with Gasteiger partial charge in [0.15, 0.2) is 0 Å². The highest BCUT2D eigenvalue weighted by atomic mass is 35.5. The number of nitrogens with one attached hydrogen (secondary N) is 3. The molecule has 1 aliphatic rings. The molecule has 1 atom stereocenters. The van der Waals surface area contributed by atoms with Crippen molar-refractivity contribution < 1.29 is 17.6 Å². The zero-order chi connectivity index (χ0) is 19.4. The maximum Gasteiger partial charge on any atom is 0.261 e. The molecule has 1 amide bonds. The number of amides is 1. The van der Waals surface area contributed by atoms with Gasteiger partial charge in [-0.2, -0.15) is 0 Å². The van der Waals surface area contributed by atoms with Crippen LogP contribution in [0.15, 0.2) is 53.4 Å². The molecule has 0 radical (unpaired) electrons. The maximum absolute atomic E-state index is 12.9. The van der Waals surface area contributed by atoms with Gasteiger partial charge in [-0.25, -0.2) is 12.8 Å². The minimum Gasteiger partial charge on any atom is -0.352 e. The Hall–Kier alpha value is -2.16. The van der Waals surface area contributed by atoms with Crippen molar-refractivity contribution in [2.24, 2.45) is 11.8 Å². The number of carbonyl (C=O) groups excluding carboxylic acids is 1. The van der Waals surface area contributed by atoms with Crippen molar-refractivity contribution in [2.75, 3.05) is 17.8 Å². The zero-order valence-corrected chi connectivity index (χ0v) is 16.9. The molecule has 1 fully saturated rings. The number of anilines is 1. The lowest BCUT2D eigenvalue weighted by molar-refractivity contribution is -0.126. The molecule has 152 valence electrons. The van der Waals surface area contributed by atoms with Crippen LogP contribution in [0.3, 0.4) is 0 Å². The molecule has 1 saturated heterocycles. The predicted octanol–water partition coefficient (Wildman–Crippen LogP) is 2.52. The summed E-state index contributed by atoms with van der Waals surface area (Å²) >= 11 is 0. The average molecular weight is 428 g/mol. The smallest absolute Gasteiger partial charge is 0.261 e. The van der Waals surface area contributed by atoms with Crippen molar-refractivity contribution in [2.45, 2.75) is 18.4 Å². The first kappa shape index (κ1) is 22.1.